The molecule has 0 aliphatic rings. The fourth-order valence-corrected chi connectivity index (χ4v) is 2.67. The van der Waals surface area contributed by atoms with Crippen molar-refractivity contribution >= 4 is 40.0 Å². The van der Waals surface area contributed by atoms with E-state index in [1.165, 1.54) is 12.1 Å². The average molecular weight is 510 g/mol. The number of rotatable bonds is 6. The summed E-state index contributed by atoms with van der Waals surface area (Å²) in [5.41, 5.74) is 0.958. The van der Waals surface area contributed by atoms with Gasteiger partial charge < -0.3 is 10.6 Å². The van der Waals surface area contributed by atoms with Gasteiger partial charge in [0.1, 0.15) is 11.6 Å². The van der Waals surface area contributed by atoms with Gasteiger partial charge in [-0.2, -0.15) is 0 Å². The molecule has 2 rings (SSSR count). The number of aliphatic imine (C=N–C) groups is 1. The first-order chi connectivity index (χ1) is 12.3. The molecule has 148 valence electrons. The molecule has 0 saturated carbocycles. The highest BCUT2D eigenvalue weighted by Crippen LogP contribution is 2.10. The molecule has 10 heteroatoms. The molecule has 0 spiro atoms. The lowest BCUT2D eigenvalue weighted by molar-refractivity contribution is 0.581. The van der Waals surface area contributed by atoms with Crippen LogP contribution < -0.4 is 15.8 Å². The number of nitrogens with one attached hydrogen (secondary N) is 2. The molecule has 27 heavy (non-hydrogen) atoms. The van der Waals surface area contributed by atoms with Crippen LogP contribution >= 0.6 is 24.0 Å². The third kappa shape index (κ3) is 7.39. The second kappa shape index (κ2) is 10.5. The lowest BCUT2D eigenvalue weighted by atomic mass is 10.2. The molecule has 2 aromatic rings. The summed E-state index contributed by atoms with van der Waals surface area (Å²) in [6.07, 6.45) is 0. The van der Waals surface area contributed by atoms with Crippen molar-refractivity contribution in [1.29, 1.82) is 0 Å². The molecule has 0 fully saturated rings. The Morgan fingerprint density at radius 1 is 1.11 bits per heavy atom. The van der Waals surface area contributed by atoms with Gasteiger partial charge in [0.2, 0.25) is 10.0 Å². The molecule has 4 N–H and O–H groups in total. The van der Waals surface area contributed by atoms with E-state index in [9.17, 15) is 17.2 Å². The molecule has 2 aromatic carbocycles. The summed E-state index contributed by atoms with van der Waals surface area (Å²) in [4.78, 5) is 4.37. The van der Waals surface area contributed by atoms with E-state index in [4.69, 9.17) is 5.14 Å². The predicted octanol–water partition coefficient (Wildman–Crippen LogP) is 2.49. The maximum Gasteiger partial charge on any atom is 0.238 e. The van der Waals surface area contributed by atoms with Crippen LogP contribution in [0.15, 0.2) is 52.4 Å². The number of benzene rings is 2. The summed E-state index contributed by atoms with van der Waals surface area (Å²) < 4.78 is 49.4. The molecule has 0 unspecified atom stereocenters. The summed E-state index contributed by atoms with van der Waals surface area (Å²) in [6.45, 7) is 2.80. The second-order valence-electron chi connectivity index (χ2n) is 5.47. The zero-order valence-corrected chi connectivity index (χ0v) is 17.7. The number of halogens is 3. The van der Waals surface area contributed by atoms with Crippen molar-refractivity contribution in [3.05, 3.63) is 65.2 Å². The predicted molar refractivity (Wildman–Crippen MR) is 111 cm³/mol. The zero-order chi connectivity index (χ0) is 19.2. The van der Waals surface area contributed by atoms with Crippen LogP contribution in [0.4, 0.5) is 8.78 Å². The van der Waals surface area contributed by atoms with Crippen LogP contribution in [0.3, 0.4) is 0 Å². The quantitative estimate of drug-likeness (QED) is 0.316. The number of hydrogen-bond donors (Lipinski definition) is 3. The highest BCUT2D eigenvalue weighted by molar-refractivity contribution is 14.0. The van der Waals surface area contributed by atoms with E-state index in [2.05, 4.69) is 15.6 Å². The molecular formula is C17H21F2IN4O2S. The van der Waals surface area contributed by atoms with Crippen molar-refractivity contribution in [1.82, 2.24) is 10.6 Å². The summed E-state index contributed by atoms with van der Waals surface area (Å²) in [7, 11) is -3.73. The smallest absolute Gasteiger partial charge is 0.238 e. The Balaban J connectivity index is 0.00000364. The van der Waals surface area contributed by atoms with Gasteiger partial charge in [0, 0.05) is 18.7 Å². The molecule has 0 heterocycles. The fourth-order valence-electron chi connectivity index (χ4n) is 2.15. The van der Waals surface area contributed by atoms with Crippen LogP contribution in [-0.2, 0) is 23.1 Å². The van der Waals surface area contributed by atoms with E-state index < -0.39 is 21.7 Å². The summed E-state index contributed by atoms with van der Waals surface area (Å²) in [6, 6.07) is 9.29. The molecule has 0 aliphatic heterocycles. The van der Waals surface area contributed by atoms with Gasteiger partial charge >= 0.3 is 0 Å². The van der Waals surface area contributed by atoms with E-state index in [1.54, 1.807) is 12.1 Å². The van der Waals surface area contributed by atoms with Crippen LogP contribution in [0.25, 0.3) is 0 Å². The third-order valence-corrected chi connectivity index (χ3v) is 4.40. The SMILES string of the molecule is CCNC(=NCc1ccc(S(N)(=O)=O)cc1)NCc1cc(F)ccc1F.I. The van der Waals surface area contributed by atoms with Gasteiger partial charge in [-0.3, -0.25) is 0 Å². The maximum atomic E-state index is 13.7. The van der Waals surface area contributed by atoms with Crippen molar-refractivity contribution < 1.29 is 17.2 Å². The van der Waals surface area contributed by atoms with Gasteiger partial charge in [0.05, 0.1) is 11.4 Å². The van der Waals surface area contributed by atoms with Crippen molar-refractivity contribution in [2.24, 2.45) is 10.1 Å². The van der Waals surface area contributed by atoms with Gasteiger partial charge in [-0.1, -0.05) is 12.1 Å². The summed E-state index contributed by atoms with van der Waals surface area (Å²) >= 11 is 0. The first kappa shape index (κ1) is 23.2. The fraction of sp³-hybridized carbons (Fsp3) is 0.235. The highest BCUT2D eigenvalue weighted by atomic mass is 127. The van der Waals surface area contributed by atoms with Gasteiger partial charge in [-0.25, -0.2) is 27.3 Å². The van der Waals surface area contributed by atoms with Crippen molar-refractivity contribution in [3.8, 4) is 0 Å². The Morgan fingerprint density at radius 3 is 2.37 bits per heavy atom. The lowest BCUT2D eigenvalue weighted by Crippen LogP contribution is -2.37. The molecule has 0 aromatic heterocycles. The normalized spacial score (nSPS) is 11.6. The van der Waals surface area contributed by atoms with Crippen LogP contribution in [-0.4, -0.2) is 20.9 Å². The van der Waals surface area contributed by atoms with Crippen molar-refractivity contribution in [3.63, 3.8) is 0 Å². The topological polar surface area (TPSA) is 96.6 Å². The third-order valence-electron chi connectivity index (χ3n) is 3.47. The first-order valence-corrected chi connectivity index (χ1v) is 9.42. The van der Waals surface area contributed by atoms with E-state index in [1.807, 2.05) is 6.92 Å². The monoisotopic (exact) mass is 510 g/mol. The molecule has 0 saturated heterocycles. The minimum atomic E-state index is -3.73. The van der Waals surface area contributed by atoms with E-state index >= 15 is 0 Å². The Kier molecular flexibility index (Phi) is 9.06. The number of primary sulfonamides is 1. The number of guanidine groups is 1. The molecule has 0 aliphatic carbocycles. The van der Waals surface area contributed by atoms with Gasteiger partial charge in [0.25, 0.3) is 0 Å². The average Bonchev–Trinajstić information content (AvgIpc) is 2.59. The minimum Gasteiger partial charge on any atom is -0.357 e. The van der Waals surface area contributed by atoms with Crippen LogP contribution in [0, 0.1) is 11.6 Å². The highest BCUT2D eigenvalue weighted by Gasteiger charge is 2.07. The molecule has 0 atom stereocenters. The van der Waals surface area contributed by atoms with Gasteiger partial charge in [-0.05, 0) is 42.8 Å². The molecular weight excluding hydrogens is 489 g/mol. The van der Waals surface area contributed by atoms with Crippen molar-refractivity contribution in [2.75, 3.05) is 6.54 Å². The summed E-state index contributed by atoms with van der Waals surface area (Å²) in [5, 5.41) is 11.0. The standard InChI is InChI=1S/C17H20F2N4O2S.HI/c1-2-21-17(23-11-13-9-14(18)5-8-16(13)19)22-10-12-3-6-15(7-4-12)26(20,24)25;/h3-9H,2,10-11H2,1H3,(H2,20,24,25)(H2,21,22,23);1H. The largest absolute Gasteiger partial charge is 0.357 e. The second-order valence-corrected chi connectivity index (χ2v) is 7.03. The number of nitrogens with two attached hydrogens (primary N) is 1. The maximum absolute atomic E-state index is 13.7. The molecule has 0 radical (unpaired) electrons. The van der Waals surface area contributed by atoms with E-state index in [0.717, 1.165) is 23.8 Å². The summed E-state index contributed by atoms with van der Waals surface area (Å²) in [5.74, 6) is -0.597. The van der Waals surface area contributed by atoms with Crippen LogP contribution in [0.2, 0.25) is 0 Å². The number of nitrogens with zero attached hydrogens (tertiary/aromatic N) is 1. The molecule has 6 nitrogen and oxygen atoms in total. The van der Waals surface area contributed by atoms with Gasteiger partial charge in [-0.15, -0.1) is 24.0 Å². The minimum absolute atomic E-state index is 0. The Hall–Kier alpha value is -1.79. The zero-order valence-electron chi connectivity index (χ0n) is 14.6. The van der Waals surface area contributed by atoms with Crippen molar-refractivity contribution in [2.45, 2.75) is 24.9 Å². The first-order valence-electron chi connectivity index (χ1n) is 7.87. The Bertz CT molecular complexity index is 890. The van der Waals surface area contributed by atoms with Crippen LogP contribution in [0.5, 0.6) is 0 Å². The Morgan fingerprint density at radius 2 is 1.78 bits per heavy atom. The lowest BCUT2D eigenvalue weighted by Gasteiger charge is -2.12. The Labute approximate surface area is 174 Å². The molecule has 0 bridgehead atoms. The van der Waals surface area contributed by atoms with Gasteiger partial charge in [0.15, 0.2) is 5.96 Å². The van der Waals surface area contributed by atoms with Crippen LogP contribution in [0.1, 0.15) is 18.1 Å². The number of sulfonamides is 1. The molecule has 0 amide bonds. The van der Waals surface area contributed by atoms with E-state index in [0.29, 0.717) is 12.5 Å². The van der Waals surface area contributed by atoms with E-state index in [-0.39, 0.29) is 47.5 Å². The number of hydrogen-bond acceptors (Lipinski definition) is 3.